The predicted molar refractivity (Wildman–Crippen MR) is 67.5 cm³/mol. The Labute approximate surface area is 93.0 Å². The molecule has 0 saturated heterocycles. The van der Waals surface area contributed by atoms with Gasteiger partial charge in [-0.25, -0.2) is 0 Å². The molecule has 0 nitrogen and oxygen atoms in total. The largest absolute Gasteiger partial charge is 0.168 e. The van der Waals surface area contributed by atoms with Gasteiger partial charge in [0, 0.05) is 0 Å². The molecule has 78 valence electrons. The minimum atomic E-state index is -1.32. The molecule has 1 rings (SSSR count). The van der Waals surface area contributed by atoms with Crippen LogP contribution < -0.4 is 0 Å². The third-order valence-electron chi connectivity index (χ3n) is 2.33. The van der Waals surface area contributed by atoms with Crippen molar-refractivity contribution in [2.45, 2.75) is 38.4 Å². The Balaban J connectivity index is 2.17. The Hall–Kier alpha value is -0.273. The first kappa shape index (κ1) is 11.8. The van der Waals surface area contributed by atoms with E-state index in [2.05, 4.69) is 43.4 Å². The monoisotopic (exact) mass is 226 g/mol. The molecular formula is C12H19ClSi. The van der Waals surface area contributed by atoms with Crippen LogP contribution in [-0.2, 0) is 6.42 Å². The molecule has 0 aromatic heterocycles. The Morgan fingerprint density at radius 1 is 1.07 bits per heavy atom. The molecule has 0 fully saturated rings. The SMILES string of the molecule is C[Si](C)(Cl)CCCCc1ccccc1. The number of unbranched alkanes of at least 4 members (excludes halogenated alkanes) is 1. The minimum absolute atomic E-state index is 1.20. The fourth-order valence-electron chi connectivity index (χ4n) is 1.52. The highest BCUT2D eigenvalue weighted by Crippen LogP contribution is 2.18. The van der Waals surface area contributed by atoms with E-state index in [1.54, 1.807) is 0 Å². The van der Waals surface area contributed by atoms with Crippen molar-refractivity contribution in [3.05, 3.63) is 35.9 Å². The molecule has 0 atom stereocenters. The van der Waals surface area contributed by atoms with Crippen molar-refractivity contribution < 1.29 is 0 Å². The highest BCUT2D eigenvalue weighted by Gasteiger charge is 2.15. The lowest BCUT2D eigenvalue weighted by atomic mass is 10.1. The molecule has 0 unspecified atom stereocenters. The van der Waals surface area contributed by atoms with Crippen LogP contribution in [0.5, 0.6) is 0 Å². The van der Waals surface area contributed by atoms with Gasteiger partial charge in [0.25, 0.3) is 0 Å². The number of halogens is 1. The number of aryl methyl sites for hydroxylation is 1. The lowest BCUT2D eigenvalue weighted by molar-refractivity contribution is 0.787. The molecule has 0 radical (unpaired) electrons. The molecule has 0 aliphatic rings. The van der Waals surface area contributed by atoms with Gasteiger partial charge >= 0.3 is 0 Å². The number of hydrogen-bond donors (Lipinski definition) is 0. The first-order valence-electron chi connectivity index (χ1n) is 5.31. The molecule has 0 heterocycles. The van der Waals surface area contributed by atoms with E-state index in [0.717, 1.165) is 0 Å². The summed E-state index contributed by atoms with van der Waals surface area (Å²) in [6, 6.07) is 11.9. The van der Waals surface area contributed by atoms with E-state index in [9.17, 15) is 0 Å². The van der Waals surface area contributed by atoms with Crippen molar-refractivity contribution in [3.63, 3.8) is 0 Å². The van der Waals surface area contributed by atoms with Crippen LogP contribution in [0.1, 0.15) is 18.4 Å². The molecule has 0 bridgehead atoms. The molecule has 0 aliphatic heterocycles. The molecule has 1 aromatic carbocycles. The van der Waals surface area contributed by atoms with Gasteiger partial charge in [-0.1, -0.05) is 49.8 Å². The Morgan fingerprint density at radius 2 is 1.71 bits per heavy atom. The maximum atomic E-state index is 6.25. The van der Waals surface area contributed by atoms with Gasteiger partial charge in [-0.05, 0) is 24.4 Å². The van der Waals surface area contributed by atoms with Crippen LogP contribution in [0.25, 0.3) is 0 Å². The van der Waals surface area contributed by atoms with Crippen molar-refractivity contribution >= 4 is 18.5 Å². The summed E-state index contributed by atoms with van der Waals surface area (Å²) >= 11 is 6.25. The quantitative estimate of drug-likeness (QED) is 0.395. The molecule has 0 spiro atoms. The number of benzene rings is 1. The summed E-state index contributed by atoms with van der Waals surface area (Å²) in [7, 11) is -1.32. The van der Waals surface area contributed by atoms with Crippen molar-refractivity contribution in [2.75, 3.05) is 0 Å². The topological polar surface area (TPSA) is 0 Å². The van der Waals surface area contributed by atoms with Gasteiger partial charge in [0.05, 0.1) is 0 Å². The molecule has 2 heteroatoms. The standard InChI is InChI=1S/C12H19ClSi/c1-14(2,13)11-7-6-10-12-8-4-3-5-9-12/h3-5,8-9H,6-7,10-11H2,1-2H3. The Bertz CT molecular complexity index is 251. The smallest absolute Gasteiger partial charge is 0.150 e. The van der Waals surface area contributed by atoms with E-state index in [4.69, 9.17) is 11.1 Å². The van der Waals surface area contributed by atoms with Gasteiger partial charge in [-0.2, -0.15) is 11.1 Å². The Kier molecular flexibility index (Phi) is 4.69. The lowest BCUT2D eigenvalue weighted by Crippen LogP contribution is -2.15. The summed E-state index contributed by atoms with van der Waals surface area (Å²) < 4.78 is 0. The molecular weight excluding hydrogens is 208 g/mol. The van der Waals surface area contributed by atoms with Crippen LogP contribution in [0.3, 0.4) is 0 Å². The third-order valence-corrected chi connectivity index (χ3v) is 4.44. The summed E-state index contributed by atoms with van der Waals surface area (Å²) in [5.41, 5.74) is 1.45. The summed E-state index contributed by atoms with van der Waals surface area (Å²) in [6.07, 6.45) is 3.74. The zero-order chi connectivity index (χ0) is 10.4. The second-order valence-electron chi connectivity index (χ2n) is 4.41. The first-order valence-corrected chi connectivity index (χ1v) is 9.53. The van der Waals surface area contributed by atoms with E-state index in [1.807, 2.05) is 0 Å². The van der Waals surface area contributed by atoms with E-state index in [0.29, 0.717) is 0 Å². The summed E-state index contributed by atoms with van der Waals surface area (Å²) in [6.45, 7) is 4.44. The van der Waals surface area contributed by atoms with Gasteiger partial charge in [-0.15, -0.1) is 0 Å². The van der Waals surface area contributed by atoms with Crippen LogP contribution in [0, 0.1) is 0 Å². The first-order chi connectivity index (χ1) is 6.58. The summed E-state index contributed by atoms with van der Waals surface area (Å²) in [5.74, 6) is 0. The van der Waals surface area contributed by atoms with Crippen molar-refractivity contribution in [2.24, 2.45) is 0 Å². The van der Waals surface area contributed by atoms with Crippen molar-refractivity contribution in [1.29, 1.82) is 0 Å². The molecule has 1 aromatic rings. The highest BCUT2D eigenvalue weighted by molar-refractivity contribution is 7.19. The second-order valence-corrected chi connectivity index (χ2v) is 11.4. The highest BCUT2D eigenvalue weighted by atomic mass is 35.6. The molecule has 14 heavy (non-hydrogen) atoms. The fourth-order valence-corrected chi connectivity index (χ4v) is 3.01. The van der Waals surface area contributed by atoms with Crippen LogP contribution in [0.4, 0.5) is 0 Å². The lowest BCUT2D eigenvalue weighted by Gasteiger charge is -2.11. The maximum absolute atomic E-state index is 6.25. The maximum Gasteiger partial charge on any atom is 0.150 e. The fraction of sp³-hybridized carbons (Fsp3) is 0.500. The third kappa shape index (κ3) is 5.46. The van der Waals surface area contributed by atoms with Gasteiger partial charge in [0.2, 0.25) is 0 Å². The summed E-state index contributed by atoms with van der Waals surface area (Å²) in [4.78, 5) is 0. The number of rotatable bonds is 5. The molecule has 0 N–H and O–H groups in total. The Morgan fingerprint density at radius 3 is 2.29 bits per heavy atom. The zero-order valence-electron chi connectivity index (χ0n) is 9.09. The van der Waals surface area contributed by atoms with Crippen molar-refractivity contribution in [1.82, 2.24) is 0 Å². The zero-order valence-corrected chi connectivity index (χ0v) is 10.8. The molecule has 0 amide bonds. The van der Waals surface area contributed by atoms with Gasteiger partial charge in [0.15, 0.2) is 0 Å². The molecule has 0 saturated carbocycles. The van der Waals surface area contributed by atoms with Crippen LogP contribution in [0.15, 0.2) is 30.3 Å². The van der Waals surface area contributed by atoms with Crippen LogP contribution >= 0.6 is 11.1 Å². The second kappa shape index (κ2) is 5.57. The summed E-state index contributed by atoms with van der Waals surface area (Å²) in [5, 5.41) is 0. The predicted octanol–water partition coefficient (Wildman–Crippen LogP) is 4.45. The van der Waals surface area contributed by atoms with E-state index in [-0.39, 0.29) is 0 Å². The normalized spacial score (nSPS) is 11.6. The van der Waals surface area contributed by atoms with Crippen molar-refractivity contribution in [3.8, 4) is 0 Å². The number of hydrogen-bond acceptors (Lipinski definition) is 0. The average molecular weight is 227 g/mol. The average Bonchev–Trinajstić information content (AvgIpc) is 2.13. The van der Waals surface area contributed by atoms with Gasteiger partial charge in [0.1, 0.15) is 7.38 Å². The van der Waals surface area contributed by atoms with E-state index < -0.39 is 7.38 Å². The van der Waals surface area contributed by atoms with E-state index in [1.165, 1.54) is 30.9 Å². The minimum Gasteiger partial charge on any atom is -0.168 e. The van der Waals surface area contributed by atoms with E-state index >= 15 is 0 Å². The van der Waals surface area contributed by atoms with Crippen LogP contribution in [-0.4, -0.2) is 7.38 Å². The molecule has 0 aliphatic carbocycles. The van der Waals surface area contributed by atoms with Gasteiger partial charge < -0.3 is 0 Å². The van der Waals surface area contributed by atoms with Crippen LogP contribution in [0.2, 0.25) is 19.1 Å². The van der Waals surface area contributed by atoms with Gasteiger partial charge in [-0.3, -0.25) is 0 Å².